The quantitative estimate of drug-likeness (QED) is 0.354. The molecular formula is C26H24BrClFN7O2. The third kappa shape index (κ3) is 5.08. The summed E-state index contributed by atoms with van der Waals surface area (Å²) in [6, 6.07) is 10.1. The summed E-state index contributed by atoms with van der Waals surface area (Å²) >= 11 is 9.49. The highest BCUT2D eigenvalue weighted by molar-refractivity contribution is 9.10. The first-order chi connectivity index (χ1) is 18.2. The highest BCUT2D eigenvalue weighted by Crippen LogP contribution is 2.28. The molecule has 0 fully saturated rings. The Hall–Kier alpha value is -3.57. The molecule has 5 rings (SSSR count). The Morgan fingerprint density at radius 1 is 1.24 bits per heavy atom. The second-order valence-corrected chi connectivity index (χ2v) is 10.4. The maximum atomic E-state index is 14.0. The first-order valence-corrected chi connectivity index (χ1v) is 13.1. The smallest absolute Gasteiger partial charge is 0.256 e. The summed E-state index contributed by atoms with van der Waals surface area (Å²) in [7, 11) is 0. The lowest BCUT2D eigenvalue weighted by atomic mass is 10.1. The number of hydrogen-bond acceptors (Lipinski definition) is 5. The lowest BCUT2D eigenvalue weighted by Crippen LogP contribution is -2.44. The first-order valence-electron chi connectivity index (χ1n) is 12.0. The van der Waals surface area contributed by atoms with E-state index in [-0.39, 0.29) is 29.1 Å². The predicted molar refractivity (Wildman–Crippen MR) is 143 cm³/mol. The average Bonchev–Trinajstić information content (AvgIpc) is 3.55. The van der Waals surface area contributed by atoms with E-state index in [4.69, 9.17) is 11.6 Å². The zero-order chi connectivity index (χ0) is 27.0. The number of hydrogen-bond donors (Lipinski definition) is 1. The van der Waals surface area contributed by atoms with Crippen LogP contribution in [0.4, 0.5) is 4.39 Å². The van der Waals surface area contributed by atoms with Gasteiger partial charge >= 0.3 is 0 Å². The van der Waals surface area contributed by atoms with Crippen molar-refractivity contribution in [2.24, 2.45) is 0 Å². The second kappa shape index (κ2) is 10.7. The van der Waals surface area contributed by atoms with Crippen LogP contribution < -0.4 is 5.32 Å². The Morgan fingerprint density at radius 2 is 2.05 bits per heavy atom. The van der Waals surface area contributed by atoms with E-state index >= 15 is 0 Å². The highest BCUT2D eigenvalue weighted by Gasteiger charge is 2.26. The minimum Gasteiger partial charge on any atom is -0.343 e. The van der Waals surface area contributed by atoms with Gasteiger partial charge in [-0.05, 0) is 43.2 Å². The van der Waals surface area contributed by atoms with E-state index in [9.17, 15) is 14.0 Å². The summed E-state index contributed by atoms with van der Waals surface area (Å²) in [5.41, 5.74) is 4.23. The van der Waals surface area contributed by atoms with Gasteiger partial charge in [0.05, 0.1) is 54.3 Å². The van der Waals surface area contributed by atoms with Crippen LogP contribution in [0.3, 0.4) is 0 Å². The van der Waals surface area contributed by atoms with E-state index in [1.54, 1.807) is 15.8 Å². The summed E-state index contributed by atoms with van der Waals surface area (Å²) in [5, 5.41) is 15.6. The molecule has 1 aliphatic rings. The van der Waals surface area contributed by atoms with Crippen LogP contribution in [-0.4, -0.2) is 54.6 Å². The van der Waals surface area contributed by atoms with Crippen molar-refractivity contribution in [3.05, 3.63) is 86.5 Å². The molecule has 1 N–H and O–H groups in total. The fourth-order valence-corrected chi connectivity index (χ4v) is 4.91. The number of fused-ring (bicyclic) bond motifs is 1. The summed E-state index contributed by atoms with van der Waals surface area (Å²) in [6.45, 7) is 5.02. The van der Waals surface area contributed by atoms with Crippen molar-refractivity contribution >= 4 is 39.3 Å². The molecule has 196 valence electrons. The SMILES string of the molecule is Cc1cc([C@@H](C)n2cc(-c3cnn4c3CN(C(=O)CNC(=O)c3c(F)cccc3Cl)CC4)nn2)ccc1Br. The molecule has 38 heavy (non-hydrogen) atoms. The van der Waals surface area contributed by atoms with Gasteiger partial charge in [-0.2, -0.15) is 5.10 Å². The van der Waals surface area contributed by atoms with Crippen LogP contribution in [0.25, 0.3) is 11.3 Å². The third-order valence-corrected chi connectivity index (χ3v) is 7.87. The predicted octanol–water partition coefficient (Wildman–Crippen LogP) is 4.39. The van der Waals surface area contributed by atoms with Crippen molar-refractivity contribution in [3.63, 3.8) is 0 Å². The molecule has 0 saturated heterocycles. The molecule has 1 atom stereocenters. The van der Waals surface area contributed by atoms with E-state index in [2.05, 4.69) is 49.6 Å². The van der Waals surface area contributed by atoms with Gasteiger partial charge in [-0.1, -0.05) is 50.9 Å². The largest absolute Gasteiger partial charge is 0.343 e. The number of aromatic nitrogens is 5. The Kier molecular flexibility index (Phi) is 7.31. The minimum absolute atomic E-state index is 0.0147. The number of nitrogens with zero attached hydrogens (tertiary/aromatic N) is 6. The van der Waals surface area contributed by atoms with E-state index in [1.807, 2.05) is 29.9 Å². The van der Waals surface area contributed by atoms with Gasteiger partial charge in [0.15, 0.2) is 0 Å². The second-order valence-electron chi connectivity index (χ2n) is 9.09. The van der Waals surface area contributed by atoms with Crippen molar-refractivity contribution in [1.29, 1.82) is 0 Å². The number of aryl methyl sites for hydroxylation is 1. The van der Waals surface area contributed by atoms with Crippen LogP contribution in [0.2, 0.25) is 5.02 Å². The molecule has 9 nitrogen and oxygen atoms in total. The summed E-state index contributed by atoms with van der Waals surface area (Å²) in [6.07, 6.45) is 3.60. The molecule has 0 unspecified atom stereocenters. The zero-order valence-electron chi connectivity index (χ0n) is 20.7. The van der Waals surface area contributed by atoms with Gasteiger partial charge in [0.25, 0.3) is 5.91 Å². The molecule has 2 aromatic heterocycles. The number of nitrogens with one attached hydrogen (secondary N) is 1. The molecule has 0 bridgehead atoms. The standard InChI is InChI=1S/C26H24BrClFN7O2/c1-15-10-17(6-7-19(15)27)16(2)36-13-22(32-33-36)18-11-31-35-9-8-34(14-23(18)35)24(37)12-30-26(38)25-20(28)4-3-5-21(25)29/h3-7,10-11,13,16H,8-9,12,14H2,1-2H3,(H,30,38)/t16-/m1/s1. The molecular weight excluding hydrogens is 577 g/mol. The average molecular weight is 601 g/mol. The number of rotatable bonds is 6. The van der Waals surface area contributed by atoms with Gasteiger partial charge < -0.3 is 10.2 Å². The lowest BCUT2D eigenvalue weighted by Gasteiger charge is -2.28. The van der Waals surface area contributed by atoms with E-state index in [0.29, 0.717) is 25.3 Å². The van der Waals surface area contributed by atoms with Crippen LogP contribution in [0, 0.1) is 12.7 Å². The molecule has 12 heteroatoms. The van der Waals surface area contributed by atoms with Crippen LogP contribution >= 0.6 is 27.5 Å². The molecule has 0 spiro atoms. The number of benzene rings is 2. The molecule has 2 amide bonds. The minimum atomic E-state index is -0.744. The summed E-state index contributed by atoms with van der Waals surface area (Å²) in [5.74, 6) is -1.78. The van der Waals surface area contributed by atoms with Crippen molar-refractivity contribution in [2.75, 3.05) is 13.1 Å². The highest BCUT2D eigenvalue weighted by atomic mass is 79.9. The van der Waals surface area contributed by atoms with Crippen molar-refractivity contribution in [2.45, 2.75) is 33.0 Å². The summed E-state index contributed by atoms with van der Waals surface area (Å²) in [4.78, 5) is 27.0. The van der Waals surface area contributed by atoms with Gasteiger partial charge in [-0.15, -0.1) is 5.10 Å². The van der Waals surface area contributed by atoms with Crippen LogP contribution in [-0.2, 0) is 17.9 Å². The third-order valence-electron chi connectivity index (χ3n) is 6.66. The molecule has 0 radical (unpaired) electrons. The van der Waals surface area contributed by atoms with Gasteiger partial charge in [-0.25, -0.2) is 9.07 Å². The lowest BCUT2D eigenvalue weighted by molar-refractivity contribution is -0.131. The number of amides is 2. The number of carbonyl (C=O) groups excluding carboxylic acids is 2. The molecule has 1 aliphatic heterocycles. The number of halogens is 3. The molecule has 4 aromatic rings. The normalized spacial score (nSPS) is 13.8. The van der Waals surface area contributed by atoms with E-state index in [1.165, 1.54) is 12.1 Å². The summed E-state index contributed by atoms with van der Waals surface area (Å²) < 4.78 is 18.7. The Balaban J connectivity index is 1.28. The van der Waals surface area contributed by atoms with E-state index < -0.39 is 11.7 Å². The van der Waals surface area contributed by atoms with Crippen molar-refractivity contribution in [3.8, 4) is 11.3 Å². The van der Waals surface area contributed by atoms with Gasteiger partial charge in [-0.3, -0.25) is 14.3 Å². The van der Waals surface area contributed by atoms with E-state index in [0.717, 1.165) is 32.9 Å². The fourth-order valence-electron chi connectivity index (χ4n) is 4.41. The Morgan fingerprint density at radius 3 is 2.82 bits per heavy atom. The van der Waals surface area contributed by atoms with Crippen LogP contribution in [0.1, 0.15) is 40.1 Å². The van der Waals surface area contributed by atoms with Crippen molar-refractivity contribution < 1.29 is 14.0 Å². The molecule has 0 saturated carbocycles. The molecule has 2 aromatic carbocycles. The Labute approximate surface area is 231 Å². The van der Waals surface area contributed by atoms with Gasteiger partial charge in [0, 0.05) is 16.6 Å². The van der Waals surface area contributed by atoms with Crippen LogP contribution in [0.15, 0.2) is 53.3 Å². The molecule has 0 aliphatic carbocycles. The fraction of sp³-hybridized carbons (Fsp3) is 0.269. The van der Waals surface area contributed by atoms with Crippen LogP contribution in [0.5, 0.6) is 0 Å². The zero-order valence-corrected chi connectivity index (χ0v) is 23.0. The monoisotopic (exact) mass is 599 g/mol. The van der Waals surface area contributed by atoms with Gasteiger partial charge in [0.2, 0.25) is 5.91 Å². The van der Waals surface area contributed by atoms with Gasteiger partial charge in [0.1, 0.15) is 11.5 Å². The Bertz CT molecular complexity index is 1520. The maximum absolute atomic E-state index is 14.0. The first kappa shape index (κ1) is 26.1. The number of carbonyl (C=O) groups is 2. The van der Waals surface area contributed by atoms with Crippen molar-refractivity contribution in [1.82, 2.24) is 35.0 Å². The molecule has 3 heterocycles. The maximum Gasteiger partial charge on any atom is 0.256 e. The topological polar surface area (TPSA) is 97.9 Å².